The quantitative estimate of drug-likeness (QED) is 0.158. The highest BCUT2D eigenvalue weighted by Gasteiger charge is 2.66. The van der Waals surface area contributed by atoms with E-state index >= 15 is 0 Å². The summed E-state index contributed by atoms with van der Waals surface area (Å²) in [6.07, 6.45) is 20.5. The Kier molecular flexibility index (Phi) is 4.92. The van der Waals surface area contributed by atoms with Gasteiger partial charge < -0.3 is 4.40 Å². The number of pyridine rings is 1. The number of aromatic nitrogens is 2. The molecule has 5 fully saturated rings. The monoisotopic (exact) mass is 703 g/mol. The van der Waals surface area contributed by atoms with Crippen LogP contribution < -0.4 is 0 Å². The highest BCUT2D eigenvalue weighted by Crippen LogP contribution is 2.77. The molecule has 16 rings (SSSR count). The third-order valence-electron chi connectivity index (χ3n) is 18.6. The maximum absolute atomic E-state index is 11.1. The van der Waals surface area contributed by atoms with Crippen LogP contribution in [0.3, 0.4) is 0 Å². The number of rotatable bonds is 0. The molecule has 7 unspecified atom stereocenters. The molecule has 3 nitrogen and oxygen atoms in total. The average molecular weight is 704 g/mol. The molecule has 0 N–H and O–H groups in total. The molecule has 268 valence electrons. The van der Waals surface area contributed by atoms with Crippen LogP contribution in [0.1, 0.15) is 164 Å². The maximum Gasteiger partial charge on any atom is 0.0995 e. The zero-order chi connectivity index (χ0) is 35.3. The van der Waals surface area contributed by atoms with Crippen molar-refractivity contribution in [3.05, 3.63) is 80.2 Å². The summed E-state index contributed by atoms with van der Waals surface area (Å²) >= 11 is 0. The van der Waals surface area contributed by atoms with Crippen LogP contribution in [0.25, 0.3) is 49.2 Å². The third-order valence-corrected chi connectivity index (χ3v) is 18.6. The Morgan fingerprint density at radius 2 is 1.31 bits per heavy atom. The van der Waals surface area contributed by atoms with Gasteiger partial charge in [-0.3, -0.25) is 4.98 Å². The number of aryl methyl sites for hydroxylation is 4. The molecule has 54 heavy (non-hydrogen) atoms. The van der Waals surface area contributed by atoms with E-state index in [-0.39, 0.29) is 5.41 Å². The van der Waals surface area contributed by atoms with Crippen molar-refractivity contribution in [1.82, 2.24) is 9.38 Å². The molecule has 10 aliphatic rings. The number of nitrogens with zero attached hydrogens (tertiary/aromatic N) is 3. The van der Waals surface area contributed by atoms with Crippen molar-refractivity contribution in [3.8, 4) is 17.2 Å². The standard InChI is InChI=1S/C51H49N3/c1-50(2,3)32-13-25-4-6-35-43-36(7-5-26(14-32)39(25)43)45-47-38(22-53-48-28-11-23-8-24(12-28)10-27(9-23)42(47)48)54-37-17-31(21-52)40-29-15-33-18-34-16-30(20-51(33,34)19-29)41(40)46(37)44(35)49(45)54/h13-14,17,22-24,27-30,33-34H,4-12,15-16,18-20H2,1-3H3. The van der Waals surface area contributed by atoms with Gasteiger partial charge in [-0.25, -0.2) is 0 Å². The van der Waals surface area contributed by atoms with E-state index in [4.69, 9.17) is 4.98 Å². The van der Waals surface area contributed by atoms with Gasteiger partial charge in [0.25, 0.3) is 0 Å². The van der Waals surface area contributed by atoms with Gasteiger partial charge >= 0.3 is 0 Å². The molecular formula is C51H49N3. The van der Waals surface area contributed by atoms with Crippen LogP contribution in [0, 0.1) is 40.4 Å². The Bertz CT molecular complexity index is 2820. The maximum atomic E-state index is 11.1. The fraction of sp³-hybridized carbons (Fsp3) is 0.529. The van der Waals surface area contributed by atoms with E-state index in [1.54, 1.807) is 66.1 Å². The van der Waals surface area contributed by atoms with E-state index in [1.165, 1.54) is 97.6 Å². The van der Waals surface area contributed by atoms with E-state index in [0.29, 0.717) is 29.1 Å². The summed E-state index contributed by atoms with van der Waals surface area (Å²) in [6.45, 7) is 7.19. The lowest BCUT2D eigenvalue weighted by atomic mass is 9.56. The van der Waals surface area contributed by atoms with Crippen LogP contribution >= 0.6 is 0 Å². The molecule has 0 radical (unpaired) electrons. The Labute approximate surface area is 317 Å². The molecule has 10 aliphatic carbocycles. The van der Waals surface area contributed by atoms with Crippen molar-refractivity contribution in [1.29, 1.82) is 5.26 Å². The molecule has 0 aliphatic heterocycles. The van der Waals surface area contributed by atoms with Gasteiger partial charge in [0.05, 0.1) is 34.4 Å². The average Bonchev–Trinajstić information content (AvgIpc) is 3.80. The second kappa shape index (κ2) is 9.04. The van der Waals surface area contributed by atoms with Gasteiger partial charge in [0, 0.05) is 33.2 Å². The van der Waals surface area contributed by atoms with E-state index in [9.17, 15) is 5.26 Å². The predicted octanol–water partition coefficient (Wildman–Crippen LogP) is 12.0. The second-order valence-electron chi connectivity index (χ2n) is 21.7. The first kappa shape index (κ1) is 29.4. The molecule has 7 atom stereocenters. The van der Waals surface area contributed by atoms with Crippen LogP contribution in [0.4, 0.5) is 0 Å². The molecule has 1 spiro atoms. The molecule has 0 amide bonds. The summed E-state index contributed by atoms with van der Waals surface area (Å²) in [5.74, 6) is 5.98. The molecule has 7 bridgehead atoms. The molecule has 6 aromatic rings. The Hall–Kier alpha value is -3.90. The minimum Gasteiger partial charge on any atom is -0.306 e. The zero-order valence-electron chi connectivity index (χ0n) is 32.2. The van der Waals surface area contributed by atoms with Crippen molar-refractivity contribution >= 4 is 38.1 Å². The Balaban J connectivity index is 1.15. The lowest BCUT2D eigenvalue weighted by Gasteiger charge is -2.48. The minimum absolute atomic E-state index is 0.147. The fourth-order valence-electron chi connectivity index (χ4n) is 16.9. The van der Waals surface area contributed by atoms with Crippen LogP contribution in [0.2, 0.25) is 0 Å². The summed E-state index contributed by atoms with van der Waals surface area (Å²) in [4.78, 5) is 5.58. The van der Waals surface area contributed by atoms with Crippen LogP contribution in [-0.2, 0) is 31.1 Å². The lowest BCUT2D eigenvalue weighted by molar-refractivity contribution is 0.00322. The fourth-order valence-corrected chi connectivity index (χ4v) is 16.9. The molecule has 3 heterocycles. The predicted molar refractivity (Wildman–Crippen MR) is 216 cm³/mol. The van der Waals surface area contributed by atoms with Crippen molar-refractivity contribution in [2.75, 3.05) is 0 Å². The number of nitriles is 1. The summed E-state index contributed by atoms with van der Waals surface area (Å²) < 4.78 is 2.72. The highest BCUT2D eigenvalue weighted by atomic mass is 14.9. The van der Waals surface area contributed by atoms with Gasteiger partial charge in [-0.05, 0) is 204 Å². The van der Waals surface area contributed by atoms with E-state index < -0.39 is 0 Å². The third kappa shape index (κ3) is 3.11. The van der Waals surface area contributed by atoms with Gasteiger partial charge in [-0.2, -0.15) is 5.26 Å². The summed E-state index contributed by atoms with van der Waals surface area (Å²) in [5.41, 5.74) is 23.4. The largest absolute Gasteiger partial charge is 0.306 e. The second-order valence-corrected chi connectivity index (χ2v) is 21.7. The van der Waals surface area contributed by atoms with Crippen molar-refractivity contribution < 1.29 is 0 Å². The highest BCUT2D eigenvalue weighted by molar-refractivity contribution is 6.29. The van der Waals surface area contributed by atoms with Gasteiger partial charge in [0.2, 0.25) is 0 Å². The lowest BCUT2D eigenvalue weighted by Crippen LogP contribution is -2.41. The molecule has 3 aromatic carbocycles. The number of fused-ring (bicyclic) bond motifs is 14. The zero-order valence-corrected chi connectivity index (χ0v) is 32.2. The molecule has 3 heteroatoms. The van der Waals surface area contributed by atoms with Gasteiger partial charge in [-0.1, -0.05) is 32.9 Å². The number of hydrogen-bond donors (Lipinski definition) is 0. The Morgan fingerprint density at radius 3 is 1.98 bits per heavy atom. The summed E-state index contributed by atoms with van der Waals surface area (Å²) in [7, 11) is 0. The Morgan fingerprint density at radius 1 is 0.667 bits per heavy atom. The number of benzene rings is 3. The van der Waals surface area contributed by atoms with Gasteiger partial charge in [-0.15, -0.1) is 0 Å². The van der Waals surface area contributed by atoms with E-state index in [2.05, 4.69) is 55.6 Å². The molecular weight excluding hydrogens is 655 g/mol. The van der Waals surface area contributed by atoms with Crippen molar-refractivity contribution in [3.63, 3.8) is 0 Å². The first-order valence-corrected chi connectivity index (χ1v) is 22.1. The summed E-state index contributed by atoms with van der Waals surface area (Å²) in [6, 6.07) is 10.5. The first-order chi connectivity index (χ1) is 26.3. The SMILES string of the molecule is CC(C)(C)c1cc2c3c(c1)CCc1c-3c(c3c4c5c(ncc4n4c6cc(C#N)c7c(c6c1c34)C1CC3CC4CC7CC43C1)C1CC3CC(C1)CC5C3)CC2. The van der Waals surface area contributed by atoms with Crippen LogP contribution in [-0.4, -0.2) is 9.38 Å². The van der Waals surface area contributed by atoms with Crippen LogP contribution in [0.5, 0.6) is 0 Å². The van der Waals surface area contributed by atoms with Crippen molar-refractivity contribution in [2.45, 2.75) is 140 Å². The van der Waals surface area contributed by atoms with E-state index in [1.807, 2.05) is 0 Å². The summed E-state index contributed by atoms with van der Waals surface area (Å²) in [5, 5.41) is 17.4. The van der Waals surface area contributed by atoms with Crippen molar-refractivity contribution in [2.24, 2.45) is 29.1 Å². The van der Waals surface area contributed by atoms with Crippen LogP contribution in [0.15, 0.2) is 24.4 Å². The minimum atomic E-state index is 0.147. The normalized spacial score (nSPS) is 34.3. The van der Waals surface area contributed by atoms with E-state index in [0.717, 1.165) is 54.9 Å². The van der Waals surface area contributed by atoms with Gasteiger partial charge in [0.1, 0.15) is 0 Å². The smallest absolute Gasteiger partial charge is 0.0995 e. The topological polar surface area (TPSA) is 41.1 Å². The molecule has 0 saturated heterocycles. The molecule has 3 aromatic heterocycles. The first-order valence-electron chi connectivity index (χ1n) is 22.1. The number of hydrogen-bond acceptors (Lipinski definition) is 2. The molecule has 5 saturated carbocycles. The van der Waals surface area contributed by atoms with Gasteiger partial charge in [0.15, 0.2) is 0 Å².